The van der Waals surface area contributed by atoms with Crippen molar-refractivity contribution in [1.82, 2.24) is 0 Å². The largest absolute Gasteiger partial charge is 0.496 e. The van der Waals surface area contributed by atoms with Gasteiger partial charge in [-0.2, -0.15) is 5.26 Å². The summed E-state index contributed by atoms with van der Waals surface area (Å²) in [6.45, 7) is 0. The number of amides is 1. The molecule has 0 aliphatic rings. The average Bonchev–Trinajstić information content (AvgIpc) is 2.52. The highest BCUT2D eigenvalue weighted by molar-refractivity contribution is 14.1. The lowest BCUT2D eigenvalue weighted by Gasteiger charge is -2.06. The van der Waals surface area contributed by atoms with Gasteiger partial charge in [-0.15, -0.1) is 0 Å². The first-order valence-electron chi connectivity index (χ1n) is 6.55. The predicted octanol–water partition coefficient (Wildman–Crippen LogP) is 4.61. The topological polar surface area (TPSA) is 62.1 Å². The zero-order valence-electron chi connectivity index (χ0n) is 12.1. The first-order chi connectivity index (χ1) is 11.0. The van der Waals surface area contributed by atoms with Crippen LogP contribution in [0.1, 0.15) is 5.56 Å². The van der Waals surface area contributed by atoms with Crippen LogP contribution in [0.4, 0.5) is 5.69 Å². The second-order valence-electron chi connectivity index (χ2n) is 4.53. The Labute approximate surface area is 156 Å². The van der Waals surface area contributed by atoms with Gasteiger partial charge in [-0.25, -0.2) is 0 Å². The molecule has 23 heavy (non-hydrogen) atoms. The molecule has 116 valence electrons. The van der Waals surface area contributed by atoms with E-state index in [2.05, 4.69) is 43.8 Å². The minimum absolute atomic E-state index is 0.0333. The summed E-state index contributed by atoms with van der Waals surface area (Å²) in [5.74, 6) is 0.302. The van der Waals surface area contributed by atoms with Crippen molar-refractivity contribution in [3.05, 3.63) is 61.6 Å². The number of nitrogens with zero attached hydrogens (tertiary/aromatic N) is 1. The lowest BCUT2D eigenvalue weighted by molar-refractivity contribution is -0.112. The van der Waals surface area contributed by atoms with Gasteiger partial charge >= 0.3 is 0 Å². The van der Waals surface area contributed by atoms with Crippen LogP contribution in [0.3, 0.4) is 0 Å². The minimum atomic E-state index is -0.448. The van der Waals surface area contributed by atoms with E-state index in [-0.39, 0.29) is 5.57 Å². The summed E-state index contributed by atoms with van der Waals surface area (Å²) in [6.07, 6.45) is 1.55. The third-order valence-corrected chi connectivity index (χ3v) is 4.27. The number of anilines is 1. The van der Waals surface area contributed by atoms with Gasteiger partial charge in [0.25, 0.3) is 5.91 Å². The number of halogens is 2. The van der Waals surface area contributed by atoms with Gasteiger partial charge in [0.15, 0.2) is 0 Å². The van der Waals surface area contributed by atoms with E-state index in [1.165, 1.54) is 0 Å². The van der Waals surface area contributed by atoms with Gasteiger partial charge in [0, 0.05) is 10.2 Å². The van der Waals surface area contributed by atoms with E-state index in [1.807, 2.05) is 18.2 Å². The van der Waals surface area contributed by atoms with Crippen LogP contribution in [-0.4, -0.2) is 13.0 Å². The zero-order chi connectivity index (χ0) is 16.8. The first kappa shape index (κ1) is 17.5. The molecule has 0 saturated carbocycles. The summed E-state index contributed by atoms with van der Waals surface area (Å²) in [4.78, 5) is 12.2. The second-order valence-corrected chi connectivity index (χ2v) is 6.61. The summed E-state index contributed by atoms with van der Waals surface area (Å²) >= 11 is 5.48. The number of ether oxygens (including phenoxy) is 1. The lowest BCUT2D eigenvalue weighted by Crippen LogP contribution is -2.13. The van der Waals surface area contributed by atoms with Gasteiger partial charge in [-0.1, -0.05) is 28.1 Å². The Bertz CT molecular complexity index is 812. The van der Waals surface area contributed by atoms with Gasteiger partial charge < -0.3 is 10.1 Å². The van der Waals surface area contributed by atoms with Gasteiger partial charge in [-0.05, 0) is 64.6 Å². The molecule has 0 saturated heterocycles. The molecule has 0 fully saturated rings. The van der Waals surface area contributed by atoms with Crippen LogP contribution in [0.2, 0.25) is 0 Å². The average molecular weight is 483 g/mol. The monoisotopic (exact) mass is 482 g/mol. The van der Waals surface area contributed by atoms with Gasteiger partial charge in [0.05, 0.1) is 10.7 Å². The van der Waals surface area contributed by atoms with Crippen LogP contribution < -0.4 is 10.1 Å². The number of carbonyl (C=O) groups is 1. The van der Waals surface area contributed by atoms with Crippen LogP contribution in [-0.2, 0) is 4.79 Å². The van der Waals surface area contributed by atoms with Crippen molar-refractivity contribution in [3.63, 3.8) is 0 Å². The molecule has 0 atom stereocenters. The van der Waals surface area contributed by atoms with Crippen LogP contribution in [0, 0.1) is 14.9 Å². The molecule has 0 unspecified atom stereocenters. The van der Waals surface area contributed by atoms with Crippen molar-refractivity contribution in [1.29, 1.82) is 5.26 Å². The summed E-state index contributed by atoms with van der Waals surface area (Å²) in [7, 11) is 1.60. The van der Waals surface area contributed by atoms with E-state index in [0.29, 0.717) is 5.69 Å². The summed E-state index contributed by atoms with van der Waals surface area (Å²) in [5.41, 5.74) is 1.41. The normalized spacial score (nSPS) is 10.8. The molecule has 2 aromatic carbocycles. The fourth-order valence-corrected chi connectivity index (χ4v) is 3.01. The molecule has 1 N–H and O–H groups in total. The zero-order valence-corrected chi connectivity index (χ0v) is 15.9. The molecular weight excluding hydrogens is 471 g/mol. The molecule has 0 heterocycles. The van der Waals surface area contributed by atoms with Crippen molar-refractivity contribution >= 4 is 56.2 Å². The molecular formula is C17H12BrIN2O2. The van der Waals surface area contributed by atoms with Crippen molar-refractivity contribution < 1.29 is 9.53 Å². The summed E-state index contributed by atoms with van der Waals surface area (Å²) < 4.78 is 6.95. The van der Waals surface area contributed by atoms with Crippen molar-refractivity contribution in [2.24, 2.45) is 0 Å². The lowest BCUT2D eigenvalue weighted by atomic mass is 10.1. The van der Waals surface area contributed by atoms with Crippen LogP contribution in [0.25, 0.3) is 6.08 Å². The Morgan fingerprint density at radius 1 is 1.35 bits per heavy atom. The Morgan fingerprint density at radius 3 is 2.74 bits per heavy atom. The number of hydrogen-bond acceptors (Lipinski definition) is 3. The fourth-order valence-electron chi connectivity index (χ4n) is 1.85. The van der Waals surface area contributed by atoms with Crippen LogP contribution in [0.15, 0.2) is 52.5 Å². The van der Waals surface area contributed by atoms with Gasteiger partial charge in [0.1, 0.15) is 17.4 Å². The number of benzene rings is 2. The number of hydrogen-bond donors (Lipinski definition) is 1. The van der Waals surface area contributed by atoms with Gasteiger partial charge in [0.2, 0.25) is 0 Å². The Balaban J connectivity index is 2.23. The summed E-state index contributed by atoms with van der Waals surface area (Å²) in [5, 5.41) is 12.0. The first-order valence-corrected chi connectivity index (χ1v) is 8.43. The van der Waals surface area contributed by atoms with Crippen LogP contribution in [0.5, 0.6) is 5.75 Å². The molecule has 2 rings (SSSR count). The predicted molar refractivity (Wildman–Crippen MR) is 102 cm³/mol. The van der Waals surface area contributed by atoms with Gasteiger partial charge in [-0.3, -0.25) is 4.79 Å². The number of nitrogens with one attached hydrogen (secondary N) is 1. The summed E-state index contributed by atoms with van der Waals surface area (Å²) in [6, 6.07) is 14.6. The maximum absolute atomic E-state index is 12.2. The molecule has 4 nitrogen and oxygen atoms in total. The number of methoxy groups -OCH3 is 1. The highest BCUT2D eigenvalue weighted by atomic mass is 127. The molecule has 2 aromatic rings. The molecule has 0 spiro atoms. The number of rotatable bonds is 4. The smallest absolute Gasteiger partial charge is 0.266 e. The van der Waals surface area contributed by atoms with Crippen molar-refractivity contribution in [2.45, 2.75) is 0 Å². The maximum Gasteiger partial charge on any atom is 0.266 e. The Kier molecular flexibility index (Phi) is 6.19. The number of nitriles is 1. The van der Waals surface area contributed by atoms with Crippen molar-refractivity contribution in [2.75, 3.05) is 12.4 Å². The van der Waals surface area contributed by atoms with E-state index in [1.54, 1.807) is 43.5 Å². The molecule has 6 heteroatoms. The fraction of sp³-hybridized carbons (Fsp3) is 0.0588. The second kappa shape index (κ2) is 8.13. The SMILES string of the molecule is COc1ccc(/C=C(/C#N)C(=O)Nc2cccc(Br)c2)cc1I. The highest BCUT2D eigenvalue weighted by Gasteiger charge is 2.10. The van der Waals surface area contributed by atoms with Crippen LogP contribution >= 0.6 is 38.5 Å². The number of carbonyl (C=O) groups excluding carboxylic acids is 1. The van der Waals surface area contributed by atoms with Crippen molar-refractivity contribution in [3.8, 4) is 11.8 Å². The molecule has 0 bridgehead atoms. The molecule has 1 amide bonds. The maximum atomic E-state index is 12.2. The molecule has 0 aliphatic heterocycles. The minimum Gasteiger partial charge on any atom is -0.496 e. The molecule has 0 radical (unpaired) electrons. The third-order valence-electron chi connectivity index (χ3n) is 2.93. The van der Waals surface area contributed by atoms with E-state index in [4.69, 9.17) is 4.74 Å². The van der Waals surface area contributed by atoms with E-state index >= 15 is 0 Å². The third kappa shape index (κ3) is 4.81. The standard InChI is InChI=1S/C17H12BrIN2O2/c1-23-16-6-5-11(8-15(16)19)7-12(10-20)17(22)21-14-4-2-3-13(18)9-14/h2-9H,1H3,(H,21,22)/b12-7-. The Morgan fingerprint density at radius 2 is 2.13 bits per heavy atom. The molecule has 0 aliphatic carbocycles. The quantitative estimate of drug-likeness (QED) is 0.393. The van der Waals surface area contributed by atoms with E-state index in [9.17, 15) is 10.1 Å². The molecule has 0 aromatic heterocycles. The van der Waals surface area contributed by atoms with E-state index < -0.39 is 5.91 Å². The highest BCUT2D eigenvalue weighted by Crippen LogP contribution is 2.23. The Hall–Kier alpha value is -1.85. The van der Waals surface area contributed by atoms with E-state index in [0.717, 1.165) is 19.4 Å².